The van der Waals surface area contributed by atoms with Gasteiger partial charge in [-0.05, 0) is 54.9 Å². The van der Waals surface area contributed by atoms with Crippen molar-refractivity contribution in [2.75, 3.05) is 0 Å². The first-order chi connectivity index (χ1) is 11.4. The first-order valence-corrected chi connectivity index (χ1v) is 8.21. The molecule has 1 aromatic carbocycles. The van der Waals surface area contributed by atoms with E-state index < -0.39 is 0 Å². The molecule has 2 heterocycles. The molecule has 0 fully saturated rings. The monoisotopic (exact) mass is 340 g/mol. The van der Waals surface area contributed by atoms with Gasteiger partial charge in [0.1, 0.15) is 11.5 Å². The van der Waals surface area contributed by atoms with Gasteiger partial charge in [0.15, 0.2) is 5.17 Å². The quantitative estimate of drug-likeness (QED) is 0.847. The summed E-state index contributed by atoms with van der Waals surface area (Å²) in [7, 11) is 0. The minimum Gasteiger partial charge on any atom is -0.457 e. The van der Waals surface area contributed by atoms with Gasteiger partial charge in [-0.3, -0.25) is 9.59 Å². The summed E-state index contributed by atoms with van der Waals surface area (Å²) in [6.07, 6.45) is 1.63. The molecule has 0 saturated heterocycles. The number of rotatable bonds is 2. The van der Waals surface area contributed by atoms with Crippen molar-refractivity contribution in [1.29, 1.82) is 0 Å². The Morgan fingerprint density at radius 3 is 2.71 bits per heavy atom. The van der Waals surface area contributed by atoms with Crippen LogP contribution in [0.5, 0.6) is 0 Å². The number of hydrogen-bond acceptors (Lipinski definition) is 4. The number of carbonyl (C=O) groups excluding carboxylic acids is 2. The van der Waals surface area contributed by atoms with E-state index in [1.165, 1.54) is 18.1 Å². The van der Waals surface area contributed by atoms with Crippen LogP contribution in [0, 0.1) is 13.8 Å². The highest BCUT2D eigenvalue weighted by Gasteiger charge is 2.23. The molecule has 6 heteroatoms. The fourth-order valence-electron chi connectivity index (χ4n) is 2.22. The molecule has 0 bridgehead atoms. The summed E-state index contributed by atoms with van der Waals surface area (Å²) in [6, 6.07) is 9.80. The average Bonchev–Trinajstić information content (AvgIpc) is 3.09. The number of amidine groups is 1. The molecule has 0 aliphatic carbocycles. The van der Waals surface area contributed by atoms with Gasteiger partial charge in [0.2, 0.25) is 5.91 Å². The van der Waals surface area contributed by atoms with Crippen LogP contribution in [-0.2, 0) is 9.59 Å². The normalized spacial score (nSPS) is 15.7. The second-order valence-corrected chi connectivity index (χ2v) is 6.55. The standard InChI is InChI=1S/C18H16N2O3S/c1-10-4-5-13(8-11(10)2)15-7-6-14(23-15)9-16-17(22)20-18(24-16)19-12(3)21/h4-9H,1-3H3,(H,19,20,21,22). The van der Waals surface area contributed by atoms with Crippen molar-refractivity contribution in [3.63, 3.8) is 0 Å². The van der Waals surface area contributed by atoms with Gasteiger partial charge in [-0.1, -0.05) is 12.1 Å². The maximum absolute atomic E-state index is 11.9. The highest BCUT2D eigenvalue weighted by molar-refractivity contribution is 8.18. The predicted octanol–water partition coefficient (Wildman–Crippen LogP) is 3.67. The van der Waals surface area contributed by atoms with Crippen molar-refractivity contribution < 1.29 is 14.0 Å². The zero-order valence-electron chi connectivity index (χ0n) is 13.5. The minimum absolute atomic E-state index is 0.259. The number of hydrogen-bond donors (Lipinski definition) is 1. The highest BCUT2D eigenvalue weighted by atomic mass is 32.2. The lowest BCUT2D eigenvalue weighted by Gasteiger charge is -2.02. The number of benzene rings is 1. The average molecular weight is 340 g/mol. The summed E-state index contributed by atoms with van der Waals surface area (Å²) in [5, 5.41) is 2.80. The number of thioether (sulfide) groups is 1. The van der Waals surface area contributed by atoms with Crippen molar-refractivity contribution >= 4 is 34.8 Å². The first-order valence-electron chi connectivity index (χ1n) is 7.40. The SMILES string of the molecule is CC(=O)NC1=NC(=O)C(=Cc2ccc(-c3ccc(C)c(C)c3)o2)S1. The summed E-state index contributed by atoms with van der Waals surface area (Å²) in [4.78, 5) is 27.1. The van der Waals surface area contributed by atoms with Gasteiger partial charge in [0.05, 0.1) is 4.91 Å². The number of aryl methyl sites for hydroxylation is 2. The molecule has 0 saturated carbocycles. The molecule has 3 rings (SSSR count). The van der Waals surface area contributed by atoms with E-state index in [1.807, 2.05) is 18.2 Å². The molecule has 1 aliphatic rings. The van der Waals surface area contributed by atoms with Crippen LogP contribution >= 0.6 is 11.8 Å². The maximum atomic E-state index is 11.9. The molecule has 1 aromatic heterocycles. The van der Waals surface area contributed by atoms with E-state index in [0.29, 0.717) is 15.8 Å². The zero-order chi connectivity index (χ0) is 17.3. The Morgan fingerprint density at radius 1 is 1.21 bits per heavy atom. The van der Waals surface area contributed by atoms with Crippen molar-refractivity contribution in [3.05, 3.63) is 52.1 Å². The van der Waals surface area contributed by atoms with Crippen LogP contribution < -0.4 is 5.32 Å². The molecule has 1 aliphatic heterocycles. The minimum atomic E-state index is -0.382. The molecule has 0 atom stereocenters. The Kier molecular flexibility index (Phi) is 4.40. The lowest BCUT2D eigenvalue weighted by molar-refractivity contribution is -0.117. The summed E-state index contributed by atoms with van der Waals surface area (Å²) in [5.41, 5.74) is 3.41. The second kappa shape index (κ2) is 6.49. The second-order valence-electron chi connectivity index (χ2n) is 5.51. The number of amides is 2. The van der Waals surface area contributed by atoms with Gasteiger partial charge in [-0.25, -0.2) is 0 Å². The Hall–Kier alpha value is -2.60. The van der Waals surface area contributed by atoms with Crippen LogP contribution in [0.3, 0.4) is 0 Å². The smallest absolute Gasteiger partial charge is 0.286 e. The lowest BCUT2D eigenvalue weighted by atomic mass is 10.1. The zero-order valence-corrected chi connectivity index (χ0v) is 14.4. The van der Waals surface area contributed by atoms with Gasteiger partial charge in [0, 0.05) is 18.6 Å². The Labute approximate surface area is 143 Å². The fourth-order valence-corrected chi connectivity index (χ4v) is 3.06. The molecule has 1 N–H and O–H groups in total. The van der Waals surface area contributed by atoms with E-state index in [9.17, 15) is 9.59 Å². The van der Waals surface area contributed by atoms with Crippen molar-refractivity contribution in [3.8, 4) is 11.3 Å². The van der Waals surface area contributed by atoms with Crippen LogP contribution in [0.15, 0.2) is 44.6 Å². The molecule has 122 valence electrons. The molecule has 0 spiro atoms. The topological polar surface area (TPSA) is 71.7 Å². The largest absolute Gasteiger partial charge is 0.457 e. The van der Waals surface area contributed by atoms with Crippen LogP contribution in [-0.4, -0.2) is 17.0 Å². The van der Waals surface area contributed by atoms with Crippen molar-refractivity contribution in [2.24, 2.45) is 4.99 Å². The third kappa shape index (κ3) is 3.49. The Bertz CT molecular complexity index is 893. The molecule has 0 radical (unpaired) electrons. The number of aliphatic imine (C=N–C) groups is 1. The number of nitrogens with zero attached hydrogens (tertiary/aromatic N) is 1. The molecular weight excluding hydrogens is 324 g/mol. The third-order valence-electron chi connectivity index (χ3n) is 3.60. The Balaban J connectivity index is 1.80. The molecular formula is C18H16N2O3S. The van der Waals surface area contributed by atoms with E-state index in [2.05, 4.69) is 36.3 Å². The molecule has 24 heavy (non-hydrogen) atoms. The predicted molar refractivity (Wildman–Crippen MR) is 95.4 cm³/mol. The number of furan rings is 1. The fraction of sp³-hybridized carbons (Fsp3) is 0.167. The third-order valence-corrected chi connectivity index (χ3v) is 4.49. The van der Waals surface area contributed by atoms with Crippen LogP contribution in [0.1, 0.15) is 23.8 Å². The number of nitrogens with one attached hydrogen (secondary N) is 1. The molecule has 2 aromatic rings. The summed E-state index contributed by atoms with van der Waals surface area (Å²) in [6.45, 7) is 5.49. The molecule has 5 nitrogen and oxygen atoms in total. The summed E-state index contributed by atoms with van der Waals surface area (Å²) in [5.74, 6) is 0.667. The first kappa shape index (κ1) is 16.3. The summed E-state index contributed by atoms with van der Waals surface area (Å²) >= 11 is 1.12. The van der Waals surface area contributed by atoms with E-state index >= 15 is 0 Å². The van der Waals surface area contributed by atoms with Crippen LogP contribution in [0.25, 0.3) is 17.4 Å². The van der Waals surface area contributed by atoms with Gasteiger partial charge in [-0.15, -0.1) is 0 Å². The lowest BCUT2D eigenvalue weighted by Crippen LogP contribution is -2.23. The Morgan fingerprint density at radius 2 is 2.00 bits per heavy atom. The van der Waals surface area contributed by atoms with Crippen molar-refractivity contribution in [1.82, 2.24) is 5.32 Å². The van der Waals surface area contributed by atoms with Crippen LogP contribution in [0.4, 0.5) is 0 Å². The van der Waals surface area contributed by atoms with Crippen LogP contribution in [0.2, 0.25) is 0 Å². The van der Waals surface area contributed by atoms with Gasteiger partial charge < -0.3 is 9.73 Å². The van der Waals surface area contributed by atoms with Gasteiger partial charge in [-0.2, -0.15) is 4.99 Å². The van der Waals surface area contributed by atoms with E-state index in [4.69, 9.17) is 4.42 Å². The van der Waals surface area contributed by atoms with Crippen molar-refractivity contribution in [2.45, 2.75) is 20.8 Å². The van der Waals surface area contributed by atoms with Gasteiger partial charge in [0.25, 0.3) is 5.91 Å². The number of carbonyl (C=O) groups is 2. The maximum Gasteiger partial charge on any atom is 0.286 e. The van der Waals surface area contributed by atoms with Gasteiger partial charge >= 0.3 is 0 Å². The molecule has 0 unspecified atom stereocenters. The van der Waals surface area contributed by atoms with E-state index in [1.54, 1.807) is 6.08 Å². The summed E-state index contributed by atoms with van der Waals surface area (Å²) < 4.78 is 5.81. The highest BCUT2D eigenvalue weighted by Crippen LogP contribution is 2.30. The van der Waals surface area contributed by atoms with E-state index in [0.717, 1.165) is 23.1 Å². The molecule has 2 amide bonds. The van der Waals surface area contributed by atoms with E-state index in [-0.39, 0.29) is 11.8 Å².